The Morgan fingerprint density at radius 3 is 2.69 bits per heavy atom. The molecular weight excluding hydrogens is 307 g/mol. The van der Waals surface area contributed by atoms with Crippen LogP contribution in [0, 0.1) is 3.57 Å². The Bertz CT molecular complexity index is 398. The zero-order valence-electron chi connectivity index (χ0n) is 7.19. The predicted molar refractivity (Wildman–Crippen MR) is 56.4 cm³/mol. The number of halogens is 1. The van der Waals surface area contributed by atoms with Crippen molar-refractivity contribution in [2.45, 2.75) is 6.92 Å². The van der Waals surface area contributed by atoms with Crippen molar-refractivity contribution >= 4 is 32.6 Å². The highest BCUT2D eigenvalue weighted by atomic mass is 127. The van der Waals surface area contributed by atoms with Crippen LogP contribution in [0.15, 0.2) is 6.20 Å². The molecule has 0 saturated carbocycles. The van der Waals surface area contributed by atoms with Gasteiger partial charge in [0.1, 0.15) is 0 Å². The van der Waals surface area contributed by atoms with Gasteiger partial charge in [0.15, 0.2) is 0 Å². The van der Waals surface area contributed by atoms with Gasteiger partial charge in [0.2, 0.25) is 5.88 Å². The van der Waals surface area contributed by atoms with Crippen LogP contribution in [0.4, 0.5) is 0 Å². The van der Waals surface area contributed by atoms with E-state index in [0.29, 0.717) is 16.1 Å². The van der Waals surface area contributed by atoms with E-state index in [1.165, 1.54) is 6.20 Å². The second kappa shape index (κ2) is 3.82. The van der Waals surface area contributed by atoms with Crippen LogP contribution in [0.1, 0.15) is 6.92 Å². The molecule has 0 N–H and O–H groups in total. The average Bonchev–Trinajstić information content (AvgIpc) is 2.32. The summed E-state index contributed by atoms with van der Waals surface area (Å²) >= 11 is 1.97. The predicted octanol–water partition coefficient (Wildman–Crippen LogP) is 0.694. The summed E-state index contributed by atoms with van der Waals surface area (Å²) in [5.74, 6) is 0.355. The Kier molecular flexibility index (Phi) is 3.17. The van der Waals surface area contributed by atoms with Crippen molar-refractivity contribution in [3.63, 3.8) is 0 Å². The molecule has 0 radical (unpaired) electrons. The van der Waals surface area contributed by atoms with Gasteiger partial charge in [-0.25, -0.2) is 8.42 Å². The molecule has 74 valence electrons. The van der Waals surface area contributed by atoms with Crippen molar-refractivity contribution in [3.8, 4) is 5.88 Å². The number of hydrogen-bond donors (Lipinski definition) is 0. The molecular formula is C6H9IN2O3S. The molecule has 0 unspecified atom stereocenters. The standard InChI is InChI=1S/C6H9IN2O3S/c1-3-12-6-5(7)4-9(8-6)13(2,10)11/h4H,3H2,1-2H3. The fourth-order valence-corrected chi connectivity index (χ4v) is 1.96. The topological polar surface area (TPSA) is 61.2 Å². The minimum absolute atomic E-state index is 0.355. The summed E-state index contributed by atoms with van der Waals surface area (Å²) in [6, 6.07) is 0. The lowest BCUT2D eigenvalue weighted by atomic mass is 10.7. The monoisotopic (exact) mass is 316 g/mol. The highest BCUT2D eigenvalue weighted by Gasteiger charge is 2.12. The molecule has 0 aromatic carbocycles. The van der Waals surface area contributed by atoms with Gasteiger partial charge in [-0.2, -0.15) is 4.09 Å². The van der Waals surface area contributed by atoms with Crippen LogP contribution in [0.5, 0.6) is 5.88 Å². The minimum Gasteiger partial charge on any atom is -0.476 e. The third-order valence-corrected chi connectivity index (χ3v) is 2.84. The largest absolute Gasteiger partial charge is 0.476 e. The third kappa shape index (κ3) is 2.56. The summed E-state index contributed by atoms with van der Waals surface area (Å²) in [6.45, 7) is 2.28. The third-order valence-electron chi connectivity index (χ3n) is 1.24. The van der Waals surface area contributed by atoms with Crippen LogP contribution in [0.3, 0.4) is 0 Å². The van der Waals surface area contributed by atoms with Crippen molar-refractivity contribution < 1.29 is 13.2 Å². The van der Waals surface area contributed by atoms with Crippen LogP contribution in [0.2, 0.25) is 0 Å². The molecule has 0 aliphatic rings. The van der Waals surface area contributed by atoms with E-state index >= 15 is 0 Å². The van der Waals surface area contributed by atoms with E-state index in [-0.39, 0.29) is 0 Å². The Balaban J connectivity index is 3.09. The van der Waals surface area contributed by atoms with E-state index in [9.17, 15) is 8.42 Å². The highest BCUT2D eigenvalue weighted by molar-refractivity contribution is 14.1. The van der Waals surface area contributed by atoms with Gasteiger partial charge in [0, 0.05) is 0 Å². The highest BCUT2D eigenvalue weighted by Crippen LogP contribution is 2.18. The molecule has 1 heterocycles. The van der Waals surface area contributed by atoms with Crippen LogP contribution in [0.25, 0.3) is 0 Å². The summed E-state index contributed by atoms with van der Waals surface area (Å²) in [6.07, 6.45) is 2.51. The van der Waals surface area contributed by atoms with E-state index in [4.69, 9.17) is 4.74 Å². The summed E-state index contributed by atoms with van der Waals surface area (Å²) in [5.41, 5.74) is 0. The van der Waals surface area contributed by atoms with Gasteiger partial charge in [0.25, 0.3) is 10.0 Å². The number of rotatable bonds is 3. The first-order chi connectivity index (χ1) is 5.95. The Morgan fingerprint density at radius 2 is 2.31 bits per heavy atom. The van der Waals surface area contributed by atoms with Gasteiger partial charge in [-0.3, -0.25) is 0 Å². The molecule has 5 nitrogen and oxygen atoms in total. The van der Waals surface area contributed by atoms with E-state index in [0.717, 1.165) is 10.3 Å². The normalized spacial score (nSPS) is 11.6. The van der Waals surface area contributed by atoms with Crippen molar-refractivity contribution in [1.82, 2.24) is 9.19 Å². The van der Waals surface area contributed by atoms with Crippen molar-refractivity contribution in [2.24, 2.45) is 0 Å². The Hall–Kier alpha value is -0.310. The summed E-state index contributed by atoms with van der Waals surface area (Å²) in [4.78, 5) is 0. The Morgan fingerprint density at radius 1 is 1.69 bits per heavy atom. The summed E-state index contributed by atoms with van der Waals surface area (Å²) in [5, 5.41) is 3.77. The molecule has 0 fully saturated rings. The molecule has 13 heavy (non-hydrogen) atoms. The Labute approximate surface area is 90.3 Å². The fraction of sp³-hybridized carbons (Fsp3) is 0.500. The van der Waals surface area contributed by atoms with Gasteiger partial charge >= 0.3 is 0 Å². The molecule has 0 aliphatic heterocycles. The smallest absolute Gasteiger partial charge is 0.251 e. The second-order valence-corrected chi connectivity index (χ2v) is 5.35. The van der Waals surface area contributed by atoms with Crippen molar-refractivity contribution in [1.29, 1.82) is 0 Å². The first-order valence-corrected chi connectivity index (χ1v) is 6.46. The quantitative estimate of drug-likeness (QED) is 0.770. The number of hydrogen-bond acceptors (Lipinski definition) is 4. The molecule has 0 atom stereocenters. The van der Waals surface area contributed by atoms with E-state index < -0.39 is 10.0 Å². The van der Waals surface area contributed by atoms with Gasteiger partial charge in [-0.15, -0.1) is 5.10 Å². The molecule has 0 spiro atoms. The van der Waals surface area contributed by atoms with Crippen molar-refractivity contribution in [3.05, 3.63) is 9.77 Å². The van der Waals surface area contributed by atoms with Gasteiger partial charge in [-0.05, 0) is 29.5 Å². The molecule has 0 bridgehead atoms. The number of ether oxygens (including phenoxy) is 1. The van der Waals surface area contributed by atoms with E-state index in [1.54, 1.807) is 0 Å². The van der Waals surface area contributed by atoms with Crippen LogP contribution in [-0.2, 0) is 10.0 Å². The molecule has 7 heteroatoms. The second-order valence-electron chi connectivity index (χ2n) is 2.35. The maximum absolute atomic E-state index is 11.0. The molecule has 0 amide bonds. The van der Waals surface area contributed by atoms with E-state index in [2.05, 4.69) is 5.10 Å². The van der Waals surface area contributed by atoms with Crippen LogP contribution >= 0.6 is 22.6 Å². The lowest BCUT2D eigenvalue weighted by Crippen LogP contribution is -2.10. The lowest BCUT2D eigenvalue weighted by Gasteiger charge is -1.97. The summed E-state index contributed by atoms with van der Waals surface area (Å²) < 4.78 is 28.8. The van der Waals surface area contributed by atoms with Gasteiger partial charge < -0.3 is 4.74 Å². The molecule has 0 saturated heterocycles. The first kappa shape index (κ1) is 10.8. The maximum atomic E-state index is 11.0. The van der Waals surface area contributed by atoms with Crippen LogP contribution < -0.4 is 4.74 Å². The molecule has 0 aliphatic carbocycles. The fourth-order valence-electron chi connectivity index (χ4n) is 0.723. The zero-order valence-corrected chi connectivity index (χ0v) is 10.2. The van der Waals surface area contributed by atoms with Gasteiger partial charge in [-0.1, -0.05) is 0 Å². The lowest BCUT2D eigenvalue weighted by molar-refractivity contribution is 0.323. The average molecular weight is 316 g/mol. The number of nitrogens with zero attached hydrogens (tertiary/aromatic N) is 2. The molecule has 1 aromatic heterocycles. The van der Waals surface area contributed by atoms with Gasteiger partial charge in [0.05, 0.1) is 22.6 Å². The number of aromatic nitrogens is 2. The van der Waals surface area contributed by atoms with Crippen molar-refractivity contribution in [2.75, 3.05) is 12.9 Å². The molecule has 1 aromatic rings. The van der Waals surface area contributed by atoms with E-state index in [1.807, 2.05) is 29.5 Å². The SMILES string of the molecule is CCOc1nn(S(C)(=O)=O)cc1I. The first-order valence-electron chi connectivity index (χ1n) is 3.53. The minimum atomic E-state index is -3.30. The zero-order chi connectivity index (χ0) is 10.1. The molecule has 1 rings (SSSR count). The van der Waals surface area contributed by atoms with Crippen LogP contribution in [-0.4, -0.2) is 30.5 Å². The maximum Gasteiger partial charge on any atom is 0.251 e. The summed E-state index contributed by atoms with van der Waals surface area (Å²) in [7, 11) is -3.30.